The summed E-state index contributed by atoms with van der Waals surface area (Å²) in [4.78, 5) is 14.6. The van der Waals surface area contributed by atoms with Crippen molar-refractivity contribution >= 4 is 5.91 Å². The number of carbonyl (C=O) groups is 1. The van der Waals surface area contributed by atoms with Gasteiger partial charge in [-0.05, 0) is 63.6 Å². The molecule has 2 unspecified atom stereocenters. The summed E-state index contributed by atoms with van der Waals surface area (Å²) in [6.07, 6.45) is 9.03. The molecule has 0 radical (unpaired) electrons. The van der Waals surface area contributed by atoms with Crippen molar-refractivity contribution in [3.8, 4) is 0 Å². The van der Waals surface area contributed by atoms with Crippen molar-refractivity contribution in [2.24, 2.45) is 11.8 Å². The van der Waals surface area contributed by atoms with Crippen LogP contribution >= 0.6 is 0 Å². The fourth-order valence-corrected chi connectivity index (χ4v) is 3.57. The summed E-state index contributed by atoms with van der Waals surface area (Å²) in [7, 11) is 0. The van der Waals surface area contributed by atoms with E-state index in [1.54, 1.807) is 0 Å². The maximum Gasteiger partial charge on any atom is 0.237 e. The Balaban J connectivity index is 1.34. The Labute approximate surface area is 122 Å². The van der Waals surface area contributed by atoms with Crippen LogP contribution in [0.2, 0.25) is 0 Å². The van der Waals surface area contributed by atoms with Crippen molar-refractivity contribution in [2.45, 2.75) is 51.0 Å². The largest absolute Gasteiger partial charge is 0.354 e. The highest BCUT2D eigenvalue weighted by atomic mass is 16.2. The van der Waals surface area contributed by atoms with E-state index in [4.69, 9.17) is 0 Å². The Kier molecular flexibility index (Phi) is 4.94. The van der Waals surface area contributed by atoms with E-state index in [9.17, 15) is 4.79 Å². The van der Waals surface area contributed by atoms with Crippen molar-refractivity contribution in [2.75, 3.05) is 32.7 Å². The van der Waals surface area contributed by atoms with Gasteiger partial charge in [-0.1, -0.05) is 12.8 Å². The van der Waals surface area contributed by atoms with Gasteiger partial charge in [-0.3, -0.25) is 4.79 Å². The Morgan fingerprint density at radius 1 is 1.15 bits per heavy atom. The first-order valence-corrected chi connectivity index (χ1v) is 8.55. The first kappa shape index (κ1) is 14.3. The molecular weight excluding hydrogens is 250 g/mol. The smallest absolute Gasteiger partial charge is 0.237 e. The van der Waals surface area contributed by atoms with E-state index in [1.807, 2.05) is 0 Å². The number of hydrogen-bond donors (Lipinski definition) is 2. The van der Waals surface area contributed by atoms with E-state index in [1.165, 1.54) is 51.7 Å². The van der Waals surface area contributed by atoms with Gasteiger partial charge in [0.05, 0.1) is 6.04 Å². The average molecular weight is 279 g/mol. The van der Waals surface area contributed by atoms with Gasteiger partial charge >= 0.3 is 0 Å². The molecule has 114 valence electrons. The highest BCUT2D eigenvalue weighted by Crippen LogP contribution is 2.32. The summed E-state index contributed by atoms with van der Waals surface area (Å²) in [6.45, 7) is 5.60. The van der Waals surface area contributed by atoms with E-state index in [2.05, 4.69) is 15.5 Å². The van der Waals surface area contributed by atoms with Crippen LogP contribution < -0.4 is 10.6 Å². The van der Waals surface area contributed by atoms with Crippen LogP contribution in [0.25, 0.3) is 0 Å². The maximum atomic E-state index is 12.0. The molecule has 2 atom stereocenters. The Hall–Kier alpha value is -0.610. The van der Waals surface area contributed by atoms with E-state index in [-0.39, 0.29) is 11.9 Å². The van der Waals surface area contributed by atoms with Gasteiger partial charge in [0.2, 0.25) is 5.91 Å². The lowest BCUT2D eigenvalue weighted by Gasteiger charge is -2.33. The molecule has 3 fully saturated rings. The number of rotatable bonds is 6. The zero-order valence-corrected chi connectivity index (χ0v) is 12.6. The van der Waals surface area contributed by atoms with Crippen molar-refractivity contribution in [1.82, 2.24) is 15.5 Å². The molecule has 2 saturated heterocycles. The van der Waals surface area contributed by atoms with Crippen molar-refractivity contribution in [3.63, 3.8) is 0 Å². The van der Waals surface area contributed by atoms with Gasteiger partial charge in [0, 0.05) is 13.1 Å². The van der Waals surface area contributed by atoms with Gasteiger partial charge in [-0.15, -0.1) is 0 Å². The molecule has 4 heteroatoms. The molecule has 1 saturated carbocycles. The lowest BCUT2D eigenvalue weighted by atomic mass is 9.97. The Morgan fingerprint density at radius 2 is 2.05 bits per heavy atom. The van der Waals surface area contributed by atoms with Crippen molar-refractivity contribution in [3.05, 3.63) is 0 Å². The molecule has 0 aromatic rings. The molecule has 3 aliphatic rings. The quantitative estimate of drug-likeness (QED) is 0.772. The summed E-state index contributed by atoms with van der Waals surface area (Å²) >= 11 is 0. The number of amides is 1. The predicted molar refractivity (Wildman–Crippen MR) is 80.5 cm³/mol. The second kappa shape index (κ2) is 6.90. The monoisotopic (exact) mass is 279 g/mol. The minimum Gasteiger partial charge on any atom is -0.354 e. The van der Waals surface area contributed by atoms with Crippen LogP contribution in [0.1, 0.15) is 44.9 Å². The molecular formula is C16H29N3O. The fourth-order valence-electron chi connectivity index (χ4n) is 3.57. The second-order valence-corrected chi connectivity index (χ2v) is 6.94. The molecule has 4 nitrogen and oxygen atoms in total. The van der Waals surface area contributed by atoms with E-state index >= 15 is 0 Å². The predicted octanol–water partition coefficient (Wildman–Crippen LogP) is 1.37. The highest BCUT2D eigenvalue weighted by molar-refractivity contribution is 5.81. The van der Waals surface area contributed by atoms with Gasteiger partial charge in [0.1, 0.15) is 0 Å². The molecule has 0 bridgehead atoms. The third-order valence-corrected chi connectivity index (χ3v) is 5.10. The normalized spacial score (nSPS) is 31.4. The van der Waals surface area contributed by atoms with Crippen LogP contribution in [0.5, 0.6) is 0 Å². The number of likely N-dealkylation sites (tertiary alicyclic amines) is 1. The van der Waals surface area contributed by atoms with Crippen LogP contribution in [0.4, 0.5) is 0 Å². The van der Waals surface area contributed by atoms with E-state index < -0.39 is 0 Å². The molecule has 0 aromatic heterocycles. The van der Waals surface area contributed by atoms with Crippen molar-refractivity contribution < 1.29 is 4.79 Å². The third-order valence-electron chi connectivity index (χ3n) is 5.10. The number of hydrogen-bond acceptors (Lipinski definition) is 3. The summed E-state index contributed by atoms with van der Waals surface area (Å²) in [6, 6.07) is 0.0737. The molecule has 0 spiro atoms. The Morgan fingerprint density at radius 3 is 2.80 bits per heavy atom. The van der Waals surface area contributed by atoms with Gasteiger partial charge < -0.3 is 15.5 Å². The first-order valence-electron chi connectivity index (χ1n) is 8.55. The standard InChI is InChI=1S/C16H29N3O/c20-16(15-4-1-8-17-15)18-11-14-3-2-9-19(12-14)10-7-13-5-6-13/h13-15,17H,1-12H2,(H,18,20). The second-order valence-electron chi connectivity index (χ2n) is 6.94. The molecule has 1 amide bonds. The molecule has 2 N–H and O–H groups in total. The molecule has 1 aliphatic carbocycles. The zero-order chi connectivity index (χ0) is 13.8. The number of nitrogens with zero attached hydrogens (tertiary/aromatic N) is 1. The summed E-state index contributed by atoms with van der Waals surface area (Å²) in [5.41, 5.74) is 0. The Bertz CT molecular complexity index is 324. The molecule has 2 heterocycles. The molecule has 0 aromatic carbocycles. The van der Waals surface area contributed by atoms with Crippen LogP contribution in [0.15, 0.2) is 0 Å². The van der Waals surface area contributed by atoms with Crippen LogP contribution in [-0.2, 0) is 4.79 Å². The topological polar surface area (TPSA) is 44.4 Å². The van der Waals surface area contributed by atoms with Gasteiger partial charge in [0.25, 0.3) is 0 Å². The lowest BCUT2D eigenvalue weighted by Crippen LogP contribution is -2.45. The highest BCUT2D eigenvalue weighted by Gasteiger charge is 2.26. The van der Waals surface area contributed by atoms with Gasteiger partial charge in [-0.2, -0.15) is 0 Å². The number of nitrogens with one attached hydrogen (secondary N) is 2. The summed E-state index contributed by atoms with van der Waals surface area (Å²) < 4.78 is 0. The fraction of sp³-hybridized carbons (Fsp3) is 0.938. The van der Waals surface area contributed by atoms with Gasteiger partial charge in [-0.25, -0.2) is 0 Å². The first-order chi connectivity index (χ1) is 9.81. The van der Waals surface area contributed by atoms with Crippen molar-refractivity contribution in [1.29, 1.82) is 0 Å². The van der Waals surface area contributed by atoms with Crippen LogP contribution in [-0.4, -0.2) is 49.6 Å². The zero-order valence-electron chi connectivity index (χ0n) is 12.6. The minimum atomic E-state index is 0.0737. The van der Waals surface area contributed by atoms with Gasteiger partial charge in [0.15, 0.2) is 0 Å². The van der Waals surface area contributed by atoms with E-state index in [0.29, 0.717) is 5.92 Å². The maximum absolute atomic E-state index is 12.0. The minimum absolute atomic E-state index is 0.0737. The van der Waals surface area contributed by atoms with Crippen LogP contribution in [0.3, 0.4) is 0 Å². The molecule has 20 heavy (non-hydrogen) atoms. The average Bonchev–Trinajstić information content (AvgIpc) is 3.14. The lowest BCUT2D eigenvalue weighted by molar-refractivity contribution is -0.123. The summed E-state index contributed by atoms with van der Waals surface area (Å²) in [5.74, 6) is 1.91. The van der Waals surface area contributed by atoms with E-state index in [0.717, 1.165) is 31.8 Å². The number of carbonyl (C=O) groups excluding carboxylic acids is 1. The molecule has 3 rings (SSSR count). The summed E-state index contributed by atoms with van der Waals surface area (Å²) in [5, 5.41) is 6.43. The number of piperidine rings is 1. The third kappa shape index (κ3) is 4.19. The SMILES string of the molecule is O=C(NCC1CCCN(CCC2CC2)C1)C1CCCN1. The van der Waals surface area contributed by atoms with Crippen LogP contribution in [0, 0.1) is 11.8 Å². The molecule has 2 aliphatic heterocycles.